The minimum atomic E-state index is -0.583. The Kier molecular flexibility index (Phi) is 5.76. The number of hydrogen-bond donors (Lipinski definition) is 2. The number of piperazine rings is 1. The van der Waals surface area contributed by atoms with Crippen LogP contribution in [0.25, 0.3) is 0 Å². The van der Waals surface area contributed by atoms with Crippen molar-refractivity contribution in [2.75, 3.05) is 32.7 Å². The summed E-state index contributed by atoms with van der Waals surface area (Å²) in [5.74, 6) is 0.141. The first-order chi connectivity index (χ1) is 11.5. The van der Waals surface area contributed by atoms with Gasteiger partial charge in [0, 0.05) is 49.4 Å². The molecule has 0 bridgehead atoms. The Labute approximate surface area is 148 Å². The van der Waals surface area contributed by atoms with Crippen molar-refractivity contribution in [2.24, 2.45) is 0 Å². The molecule has 5 nitrogen and oxygen atoms in total. The van der Waals surface area contributed by atoms with Crippen LogP contribution in [0.2, 0.25) is 5.02 Å². The molecule has 1 aliphatic heterocycles. The molecule has 2 N–H and O–H groups in total. The summed E-state index contributed by atoms with van der Waals surface area (Å²) < 4.78 is 0. The van der Waals surface area contributed by atoms with Crippen LogP contribution in [-0.4, -0.2) is 65.6 Å². The van der Waals surface area contributed by atoms with Crippen LogP contribution >= 0.6 is 11.6 Å². The van der Waals surface area contributed by atoms with Crippen LogP contribution in [0.15, 0.2) is 24.3 Å². The molecule has 0 radical (unpaired) electrons. The lowest BCUT2D eigenvalue weighted by atomic mass is 10.1. The van der Waals surface area contributed by atoms with Crippen LogP contribution in [-0.2, 0) is 4.79 Å². The molecule has 0 unspecified atom stereocenters. The average Bonchev–Trinajstić information content (AvgIpc) is 3.39. The first-order valence-corrected chi connectivity index (χ1v) is 9.11. The van der Waals surface area contributed by atoms with Crippen molar-refractivity contribution >= 4 is 17.5 Å². The van der Waals surface area contributed by atoms with Gasteiger partial charge in [-0.15, -0.1) is 0 Å². The molecule has 3 rings (SSSR count). The van der Waals surface area contributed by atoms with Crippen LogP contribution in [0.4, 0.5) is 0 Å². The Balaban J connectivity index is 1.46. The zero-order chi connectivity index (χ0) is 17.1. The minimum absolute atomic E-state index is 0.0822. The Morgan fingerprint density at radius 2 is 1.96 bits per heavy atom. The fraction of sp³-hybridized carbons (Fsp3) is 0.611. The molecule has 1 heterocycles. The van der Waals surface area contributed by atoms with Crippen LogP contribution < -0.4 is 5.32 Å². The number of amides is 1. The predicted octanol–water partition coefficient (Wildman–Crippen LogP) is 1.66. The van der Waals surface area contributed by atoms with Crippen molar-refractivity contribution < 1.29 is 9.90 Å². The molecule has 1 amide bonds. The fourth-order valence-corrected chi connectivity index (χ4v) is 3.40. The van der Waals surface area contributed by atoms with E-state index in [0.29, 0.717) is 17.6 Å². The maximum Gasteiger partial charge on any atom is 0.237 e. The van der Waals surface area contributed by atoms with E-state index in [4.69, 9.17) is 11.6 Å². The summed E-state index contributed by atoms with van der Waals surface area (Å²) in [5.41, 5.74) is 0.777. The van der Waals surface area contributed by atoms with E-state index in [9.17, 15) is 9.90 Å². The van der Waals surface area contributed by atoms with E-state index in [1.807, 2.05) is 25.1 Å². The normalized spacial score (nSPS) is 22.1. The Morgan fingerprint density at radius 3 is 2.58 bits per heavy atom. The number of hydrogen-bond acceptors (Lipinski definition) is 4. The van der Waals surface area contributed by atoms with Crippen molar-refractivity contribution in [2.45, 2.75) is 38.0 Å². The van der Waals surface area contributed by atoms with Gasteiger partial charge in [0.05, 0.1) is 12.1 Å². The lowest BCUT2D eigenvalue weighted by Gasteiger charge is -2.38. The van der Waals surface area contributed by atoms with Crippen molar-refractivity contribution in [3.63, 3.8) is 0 Å². The molecule has 2 fully saturated rings. The number of carbonyl (C=O) groups excluding carboxylic acids is 1. The molecule has 0 spiro atoms. The summed E-state index contributed by atoms with van der Waals surface area (Å²) in [7, 11) is 0. The number of nitrogens with one attached hydrogen (secondary N) is 1. The number of halogens is 1. The third-order valence-corrected chi connectivity index (χ3v) is 5.30. The van der Waals surface area contributed by atoms with Gasteiger partial charge in [0.15, 0.2) is 0 Å². The van der Waals surface area contributed by atoms with Crippen LogP contribution in [0.5, 0.6) is 0 Å². The fourth-order valence-electron chi connectivity index (χ4n) is 3.14. The van der Waals surface area contributed by atoms with Gasteiger partial charge in [-0.05, 0) is 25.8 Å². The Hall–Kier alpha value is -1.14. The largest absolute Gasteiger partial charge is 0.387 e. The molecule has 6 heteroatoms. The van der Waals surface area contributed by atoms with Gasteiger partial charge in [-0.25, -0.2) is 0 Å². The quantitative estimate of drug-likeness (QED) is 0.818. The third kappa shape index (κ3) is 4.48. The smallest absolute Gasteiger partial charge is 0.237 e. The van der Waals surface area contributed by atoms with E-state index in [2.05, 4.69) is 15.1 Å². The first-order valence-electron chi connectivity index (χ1n) is 8.74. The summed E-state index contributed by atoms with van der Waals surface area (Å²) in [6, 6.07) is 7.76. The maximum atomic E-state index is 12.2. The molecular weight excluding hydrogens is 326 g/mol. The average molecular weight is 352 g/mol. The van der Waals surface area contributed by atoms with Crippen LogP contribution in [0.1, 0.15) is 31.4 Å². The highest BCUT2D eigenvalue weighted by Crippen LogP contribution is 2.24. The summed E-state index contributed by atoms with van der Waals surface area (Å²) in [6.07, 6.45) is 1.65. The number of aliphatic hydroxyl groups excluding tert-OH is 1. The van der Waals surface area contributed by atoms with Gasteiger partial charge >= 0.3 is 0 Å². The molecule has 1 aromatic rings. The lowest BCUT2D eigenvalue weighted by Crippen LogP contribution is -2.54. The number of β-amino-alcohol motifs (C(OH)–C–C–N with tert-alkyl or cyclic N) is 1. The number of carbonyl (C=O) groups is 1. The molecular formula is C18H26ClN3O2. The van der Waals surface area contributed by atoms with Gasteiger partial charge in [0.1, 0.15) is 0 Å². The van der Waals surface area contributed by atoms with E-state index >= 15 is 0 Å². The molecule has 2 aliphatic rings. The zero-order valence-corrected chi connectivity index (χ0v) is 14.9. The van der Waals surface area contributed by atoms with Crippen molar-refractivity contribution in [1.29, 1.82) is 0 Å². The van der Waals surface area contributed by atoms with E-state index in [1.54, 1.807) is 6.07 Å². The second kappa shape index (κ2) is 7.83. The molecule has 1 aromatic carbocycles. The second-order valence-corrected chi connectivity index (χ2v) is 7.24. The van der Waals surface area contributed by atoms with Crippen LogP contribution in [0.3, 0.4) is 0 Å². The molecule has 2 atom stereocenters. The molecule has 132 valence electrons. The van der Waals surface area contributed by atoms with Crippen LogP contribution in [0, 0.1) is 0 Å². The number of nitrogens with zero attached hydrogens (tertiary/aromatic N) is 2. The summed E-state index contributed by atoms with van der Waals surface area (Å²) >= 11 is 6.15. The Bertz CT molecular complexity index is 571. The highest BCUT2D eigenvalue weighted by atomic mass is 35.5. The van der Waals surface area contributed by atoms with Gasteiger partial charge in [-0.3, -0.25) is 14.6 Å². The van der Waals surface area contributed by atoms with E-state index in [0.717, 1.165) is 44.6 Å². The first kappa shape index (κ1) is 17.7. The molecule has 1 aliphatic carbocycles. The molecule has 24 heavy (non-hydrogen) atoms. The number of aliphatic hydroxyl groups is 1. The van der Waals surface area contributed by atoms with E-state index < -0.39 is 6.10 Å². The molecule has 0 aromatic heterocycles. The summed E-state index contributed by atoms with van der Waals surface area (Å²) in [6.45, 7) is 5.93. The van der Waals surface area contributed by atoms with Gasteiger partial charge < -0.3 is 10.4 Å². The van der Waals surface area contributed by atoms with Gasteiger partial charge in [0.2, 0.25) is 5.91 Å². The highest BCUT2D eigenvalue weighted by molar-refractivity contribution is 6.31. The summed E-state index contributed by atoms with van der Waals surface area (Å²) in [5, 5.41) is 14.1. The second-order valence-electron chi connectivity index (χ2n) is 6.83. The number of benzene rings is 1. The minimum Gasteiger partial charge on any atom is -0.387 e. The molecule has 1 saturated heterocycles. The standard InChI is InChI=1S/C18H26ClN3O2/c1-13(18(24)20-14-6-7-14)22-10-8-21(9-11-22)12-17(23)15-4-2-3-5-16(15)19/h2-5,13-14,17,23H,6-12H2,1H3,(H,20,24)/t13-,17-/m0/s1. The van der Waals surface area contributed by atoms with Gasteiger partial charge in [-0.1, -0.05) is 29.8 Å². The van der Waals surface area contributed by atoms with Crippen molar-refractivity contribution in [3.05, 3.63) is 34.9 Å². The maximum absolute atomic E-state index is 12.2. The van der Waals surface area contributed by atoms with Crippen molar-refractivity contribution in [1.82, 2.24) is 15.1 Å². The van der Waals surface area contributed by atoms with E-state index in [-0.39, 0.29) is 11.9 Å². The van der Waals surface area contributed by atoms with Crippen molar-refractivity contribution in [3.8, 4) is 0 Å². The third-order valence-electron chi connectivity index (χ3n) is 4.95. The lowest BCUT2D eigenvalue weighted by molar-refractivity contribution is -0.126. The highest BCUT2D eigenvalue weighted by Gasteiger charge is 2.30. The monoisotopic (exact) mass is 351 g/mol. The Morgan fingerprint density at radius 1 is 1.29 bits per heavy atom. The van der Waals surface area contributed by atoms with Gasteiger partial charge in [0.25, 0.3) is 0 Å². The number of rotatable bonds is 6. The molecule has 1 saturated carbocycles. The summed E-state index contributed by atoms with van der Waals surface area (Å²) in [4.78, 5) is 16.6. The SMILES string of the molecule is C[C@@H](C(=O)NC1CC1)N1CCN(C[C@H](O)c2ccccc2Cl)CC1. The van der Waals surface area contributed by atoms with E-state index in [1.165, 1.54) is 0 Å². The van der Waals surface area contributed by atoms with Gasteiger partial charge in [-0.2, -0.15) is 0 Å². The predicted molar refractivity (Wildman–Crippen MR) is 95.1 cm³/mol. The topological polar surface area (TPSA) is 55.8 Å². The zero-order valence-electron chi connectivity index (χ0n) is 14.1.